The summed E-state index contributed by atoms with van der Waals surface area (Å²) in [6.45, 7) is -0.538. The molecule has 0 aromatic rings. The number of hydrogen-bond donors (Lipinski definition) is 4. The van der Waals surface area contributed by atoms with Gasteiger partial charge in [-0.05, 0) is 0 Å². The minimum Gasteiger partial charge on any atom is -0.480 e. The number of nitrogens with one attached hydrogen (secondary N) is 1. The Morgan fingerprint density at radius 1 is 1.19 bits per heavy atom. The molecule has 0 aromatic carbocycles. The number of halogens is 3. The van der Waals surface area contributed by atoms with Crippen molar-refractivity contribution in [3.05, 3.63) is 0 Å². The van der Waals surface area contributed by atoms with E-state index in [4.69, 9.17) is 20.7 Å². The predicted octanol–water partition coefficient (Wildman–Crippen LogP) is -1.22. The molecule has 16 heavy (non-hydrogen) atoms. The van der Waals surface area contributed by atoms with Crippen LogP contribution >= 0.6 is 0 Å². The van der Waals surface area contributed by atoms with Gasteiger partial charge in [-0.25, -0.2) is 4.79 Å². The van der Waals surface area contributed by atoms with Crippen LogP contribution in [0.4, 0.5) is 13.2 Å². The molecule has 0 aromatic heterocycles. The lowest BCUT2D eigenvalue weighted by Crippen LogP contribution is -2.34. The zero-order chi connectivity index (χ0) is 13.4. The van der Waals surface area contributed by atoms with Gasteiger partial charge >= 0.3 is 18.1 Å². The number of carbonyl (C=O) groups excluding carboxylic acids is 1. The van der Waals surface area contributed by atoms with Gasteiger partial charge in [-0.1, -0.05) is 0 Å². The predicted molar refractivity (Wildman–Crippen MR) is 43.4 cm³/mol. The number of nitrogens with two attached hydrogens (primary N) is 1. The lowest BCUT2D eigenvalue weighted by molar-refractivity contribution is -0.192. The number of carboxylic acids is 2. The van der Waals surface area contributed by atoms with Gasteiger partial charge in [0.1, 0.15) is 6.54 Å². The fourth-order valence-electron chi connectivity index (χ4n) is 0.246. The van der Waals surface area contributed by atoms with E-state index in [-0.39, 0.29) is 13.1 Å². The molecule has 5 N–H and O–H groups in total. The van der Waals surface area contributed by atoms with E-state index in [0.29, 0.717) is 0 Å². The van der Waals surface area contributed by atoms with Gasteiger partial charge in [0, 0.05) is 0 Å². The highest BCUT2D eigenvalue weighted by Gasteiger charge is 2.38. The lowest BCUT2D eigenvalue weighted by Gasteiger charge is -1.95. The number of amides is 1. The zero-order valence-corrected chi connectivity index (χ0v) is 7.74. The third kappa shape index (κ3) is 12.2. The van der Waals surface area contributed by atoms with Crippen LogP contribution in [0.15, 0.2) is 0 Å². The molecule has 0 saturated heterocycles. The Bertz CT molecular complexity index is 265. The van der Waals surface area contributed by atoms with E-state index >= 15 is 0 Å². The van der Waals surface area contributed by atoms with Gasteiger partial charge in [-0.3, -0.25) is 9.59 Å². The van der Waals surface area contributed by atoms with Crippen LogP contribution in [-0.4, -0.2) is 47.3 Å². The normalized spacial score (nSPS) is 9.75. The molecule has 0 aliphatic heterocycles. The van der Waals surface area contributed by atoms with Crippen molar-refractivity contribution in [1.82, 2.24) is 5.32 Å². The van der Waals surface area contributed by atoms with Crippen molar-refractivity contribution in [3.63, 3.8) is 0 Å². The first kappa shape index (κ1) is 16.6. The van der Waals surface area contributed by atoms with E-state index in [1.54, 1.807) is 0 Å². The topological polar surface area (TPSA) is 130 Å². The summed E-state index contributed by atoms with van der Waals surface area (Å²) in [5, 5.41) is 17.2. The third-order valence-corrected chi connectivity index (χ3v) is 0.865. The Balaban J connectivity index is 0. The molecule has 0 spiro atoms. The third-order valence-electron chi connectivity index (χ3n) is 0.865. The molecule has 0 atom stereocenters. The van der Waals surface area contributed by atoms with Crippen molar-refractivity contribution < 1.29 is 37.8 Å². The maximum Gasteiger partial charge on any atom is 0.490 e. The molecule has 0 radical (unpaired) electrons. The first-order valence-electron chi connectivity index (χ1n) is 3.60. The number of aliphatic carboxylic acids is 2. The average molecular weight is 246 g/mol. The maximum atomic E-state index is 10.6. The van der Waals surface area contributed by atoms with Crippen LogP contribution in [0.2, 0.25) is 0 Å². The summed E-state index contributed by atoms with van der Waals surface area (Å²) in [6.07, 6.45) is -5.08. The van der Waals surface area contributed by atoms with E-state index in [1.807, 2.05) is 0 Å². The van der Waals surface area contributed by atoms with E-state index in [2.05, 4.69) is 5.32 Å². The Hall–Kier alpha value is -1.84. The van der Waals surface area contributed by atoms with Gasteiger partial charge in [-0.2, -0.15) is 13.2 Å². The van der Waals surface area contributed by atoms with E-state index in [9.17, 15) is 22.8 Å². The molecule has 0 rings (SSSR count). The summed E-state index contributed by atoms with van der Waals surface area (Å²) < 4.78 is 31.7. The summed E-state index contributed by atoms with van der Waals surface area (Å²) in [5.74, 6) is -4.29. The number of alkyl halides is 3. The number of rotatable bonds is 3. The second-order valence-electron chi connectivity index (χ2n) is 2.18. The average Bonchev–Trinajstić information content (AvgIpc) is 2.13. The molecule has 7 nitrogen and oxygen atoms in total. The van der Waals surface area contributed by atoms with Crippen molar-refractivity contribution in [1.29, 1.82) is 0 Å². The summed E-state index contributed by atoms with van der Waals surface area (Å²) >= 11 is 0. The minimum absolute atomic E-state index is 0.173. The highest BCUT2D eigenvalue weighted by atomic mass is 19.4. The molecule has 0 fully saturated rings. The van der Waals surface area contributed by atoms with Crippen molar-refractivity contribution in [3.8, 4) is 0 Å². The summed E-state index contributed by atoms with van der Waals surface area (Å²) in [7, 11) is 0. The minimum atomic E-state index is -5.08. The highest BCUT2D eigenvalue weighted by molar-refractivity contribution is 5.82. The summed E-state index contributed by atoms with van der Waals surface area (Å²) in [4.78, 5) is 28.9. The van der Waals surface area contributed by atoms with Crippen LogP contribution in [0.25, 0.3) is 0 Å². The van der Waals surface area contributed by atoms with E-state index in [1.165, 1.54) is 0 Å². The molecule has 0 aliphatic carbocycles. The quantitative estimate of drug-likeness (QED) is 0.493. The van der Waals surface area contributed by atoms with Crippen LogP contribution in [-0.2, 0) is 14.4 Å². The molecular weight excluding hydrogens is 237 g/mol. The van der Waals surface area contributed by atoms with Gasteiger partial charge < -0.3 is 21.3 Å². The summed E-state index contributed by atoms with van der Waals surface area (Å²) in [5.41, 5.74) is 4.85. The smallest absolute Gasteiger partial charge is 0.480 e. The second kappa shape index (κ2) is 7.45. The zero-order valence-electron chi connectivity index (χ0n) is 7.74. The highest BCUT2D eigenvalue weighted by Crippen LogP contribution is 2.13. The fourth-order valence-corrected chi connectivity index (χ4v) is 0.246. The summed E-state index contributed by atoms with van der Waals surface area (Å²) in [6, 6.07) is 0. The molecule has 0 heterocycles. The molecule has 10 heteroatoms. The number of hydrogen-bond acceptors (Lipinski definition) is 4. The molecule has 0 bridgehead atoms. The van der Waals surface area contributed by atoms with Gasteiger partial charge in [0.2, 0.25) is 5.91 Å². The van der Waals surface area contributed by atoms with Crippen molar-refractivity contribution >= 4 is 17.8 Å². The Morgan fingerprint density at radius 2 is 1.56 bits per heavy atom. The molecule has 0 aliphatic rings. The molecule has 0 saturated carbocycles. The van der Waals surface area contributed by atoms with Crippen molar-refractivity contribution in [2.24, 2.45) is 5.73 Å². The standard InChI is InChI=1S/C4H8N2O3.C2HF3O2/c5-1-3(7)6-2-4(8)9;3-2(4,5)1(6)7/h1-2,5H2,(H,6,7)(H,8,9);(H,6,7). The second-order valence-corrected chi connectivity index (χ2v) is 2.18. The Morgan fingerprint density at radius 3 is 1.75 bits per heavy atom. The first-order valence-corrected chi connectivity index (χ1v) is 3.60. The number of carboxylic acid groups (broad SMARTS) is 2. The lowest BCUT2D eigenvalue weighted by atomic mass is 10.5. The molecule has 0 unspecified atom stereocenters. The van der Waals surface area contributed by atoms with Gasteiger partial charge in [0.05, 0.1) is 6.54 Å². The molecular formula is C6H9F3N2O5. The largest absolute Gasteiger partial charge is 0.490 e. The van der Waals surface area contributed by atoms with Crippen molar-refractivity contribution in [2.45, 2.75) is 6.18 Å². The van der Waals surface area contributed by atoms with Crippen LogP contribution < -0.4 is 11.1 Å². The Labute approximate surface area is 87.0 Å². The van der Waals surface area contributed by atoms with E-state index < -0.39 is 24.0 Å². The van der Waals surface area contributed by atoms with E-state index in [0.717, 1.165) is 0 Å². The first-order chi connectivity index (χ1) is 7.11. The SMILES string of the molecule is NCC(=O)NCC(=O)O.O=C(O)C(F)(F)F. The van der Waals surface area contributed by atoms with Gasteiger partial charge in [0.25, 0.3) is 0 Å². The van der Waals surface area contributed by atoms with Gasteiger partial charge in [0.15, 0.2) is 0 Å². The molecule has 94 valence electrons. The van der Waals surface area contributed by atoms with Crippen LogP contribution in [0, 0.1) is 0 Å². The monoisotopic (exact) mass is 246 g/mol. The Kier molecular flexibility index (Phi) is 7.72. The van der Waals surface area contributed by atoms with Crippen LogP contribution in [0.5, 0.6) is 0 Å². The van der Waals surface area contributed by atoms with Crippen molar-refractivity contribution in [2.75, 3.05) is 13.1 Å². The fraction of sp³-hybridized carbons (Fsp3) is 0.500. The maximum absolute atomic E-state index is 10.6. The molecule has 1 amide bonds. The van der Waals surface area contributed by atoms with Gasteiger partial charge in [-0.15, -0.1) is 0 Å². The number of carbonyl (C=O) groups is 3. The van der Waals surface area contributed by atoms with Crippen LogP contribution in [0.3, 0.4) is 0 Å². The van der Waals surface area contributed by atoms with Crippen LogP contribution in [0.1, 0.15) is 0 Å².